The second kappa shape index (κ2) is 4.55. The number of hydrogen-bond donors (Lipinski definition) is 1. The van der Waals surface area contributed by atoms with E-state index in [0.717, 1.165) is 18.5 Å². The number of esters is 1. The van der Waals surface area contributed by atoms with E-state index in [-0.39, 0.29) is 11.5 Å². The van der Waals surface area contributed by atoms with E-state index in [2.05, 4.69) is 25.8 Å². The van der Waals surface area contributed by atoms with Crippen molar-refractivity contribution in [3.8, 4) is 0 Å². The molecule has 0 aromatic carbocycles. The van der Waals surface area contributed by atoms with Crippen LogP contribution in [-0.4, -0.2) is 30.1 Å². The first kappa shape index (κ1) is 13.4. The molecule has 0 bridgehead atoms. The minimum Gasteiger partial charge on any atom is -0.462 e. The standard InChI is InChI=1S/C13H20N2O2S/c1-5-17-12(16)10-8-6-13(2,3)15(4)7-9(8)18-11(10)14/h5-7,14H2,1-4H3. The number of ether oxygens (including phenoxy) is 1. The number of thiophene rings is 1. The van der Waals surface area contributed by atoms with Gasteiger partial charge in [-0.25, -0.2) is 4.79 Å². The molecule has 5 heteroatoms. The summed E-state index contributed by atoms with van der Waals surface area (Å²) in [5.41, 5.74) is 7.71. The van der Waals surface area contributed by atoms with E-state index in [1.807, 2.05) is 6.92 Å². The molecule has 2 N–H and O–H groups in total. The van der Waals surface area contributed by atoms with Gasteiger partial charge in [-0.2, -0.15) is 0 Å². The molecule has 0 atom stereocenters. The Hall–Kier alpha value is -1.07. The normalized spacial score (nSPS) is 18.4. The van der Waals surface area contributed by atoms with E-state index in [0.29, 0.717) is 17.2 Å². The van der Waals surface area contributed by atoms with Crippen molar-refractivity contribution in [3.05, 3.63) is 16.0 Å². The first-order valence-corrected chi connectivity index (χ1v) is 6.97. The molecule has 0 radical (unpaired) electrons. The monoisotopic (exact) mass is 268 g/mol. The molecule has 1 aromatic heterocycles. The molecule has 2 heterocycles. The predicted octanol–water partition coefficient (Wildman–Crippen LogP) is 2.27. The zero-order valence-electron chi connectivity index (χ0n) is 11.4. The third-order valence-electron chi connectivity index (χ3n) is 3.62. The lowest BCUT2D eigenvalue weighted by atomic mass is 9.87. The number of hydrogen-bond acceptors (Lipinski definition) is 5. The van der Waals surface area contributed by atoms with Gasteiger partial charge in [0.1, 0.15) is 5.00 Å². The lowest BCUT2D eigenvalue weighted by Gasteiger charge is -2.39. The van der Waals surface area contributed by atoms with Gasteiger partial charge >= 0.3 is 5.97 Å². The highest BCUT2D eigenvalue weighted by molar-refractivity contribution is 7.16. The molecular formula is C13H20N2O2S. The van der Waals surface area contributed by atoms with E-state index < -0.39 is 0 Å². The van der Waals surface area contributed by atoms with Crippen molar-refractivity contribution in [1.29, 1.82) is 0 Å². The summed E-state index contributed by atoms with van der Waals surface area (Å²) in [7, 11) is 2.10. The number of rotatable bonds is 2. The van der Waals surface area contributed by atoms with Gasteiger partial charge in [0.05, 0.1) is 12.2 Å². The molecule has 0 aliphatic carbocycles. The highest BCUT2D eigenvalue weighted by Crippen LogP contribution is 2.39. The zero-order chi connectivity index (χ0) is 13.5. The van der Waals surface area contributed by atoms with Gasteiger partial charge in [-0.1, -0.05) is 0 Å². The van der Waals surface area contributed by atoms with Crippen LogP contribution in [0.5, 0.6) is 0 Å². The van der Waals surface area contributed by atoms with E-state index in [9.17, 15) is 4.79 Å². The summed E-state index contributed by atoms with van der Waals surface area (Å²) >= 11 is 1.51. The van der Waals surface area contributed by atoms with Crippen LogP contribution in [0.2, 0.25) is 0 Å². The lowest BCUT2D eigenvalue weighted by Crippen LogP contribution is -2.45. The Balaban J connectivity index is 2.43. The van der Waals surface area contributed by atoms with Gasteiger partial charge in [0, 0.05) is 17.0 Å². The number of nitrogens with zero attached hydrogens (tertiary/aromatic N) is 1. The van der Waals surface area contributed by atoms with Crippen LogP contribution in [0.4, 0.5) is 5.00 Å². The van der Waals surface area contributed by atoms with Gasteiger partial charge in [0.2, 0.25) is 0 Å². The molecule has 0 saturated heterocycles. The van der Waals surface area contributed by atoms with Gasteiger partial charge in [0.15, 0.2) is 0 Å². The molecule has 2 rings (SSSR count). The molecule has 4 nitrogen and oxygen atoms in total. The van der Waals surface area contributed by atoms with E-state index in [4.69, 9.17) is 10.5 Å². The van der Waals surface area contributed by atoms with Crippen LogP contribution in [0.15, 0.2) is 0 Å². The summed E-state index contributed by atoms with van der Waals surface area (Å²) in [6.45, 7) is 7.39. The van der Waals surface area contributed by atoms with Crippen molar-refractivity contribution < 1.29 is 9.53 Å². The van der Waals surface area contributed by atoms with Crippen molar-refractivity contribution in [3.63, 3.8) is 0 Å². The van der Waals surface area contributed by atoms with Crippen LogP contribution in [0.1, 0.15) is 41.6 Å². The molecule has 0 amide bonds. The molecule has 1 aromatic rings. The Kier molecular flexibility index (Phi) is 3.38. The Morgan fingerprint density at radius 3 is 2.83 bits per heavy atom. The van der Waals surface area contributed by atoms with Crippen molar-refractivity contribution in [2.24, 2.45) is 0 Å². The van der Waals surface area contributed by atoms with Crippen LogP contribution in [0, 0.1) is 0 Å². The summed E-state index contributed by atoms with van der Waals surface area (Å²) in [6, 6.07) is 0. The van der Waals surface area contributed by atoms with E-state index in [1.165, 1.54) is 16.2 Å². The third-order valence-corrected chi connectivity index (χ3v) is 4.67. The fourth-order valence-electron chi connectivity index (χ4n) is 2.27. The Morgan fingerprint density at radius 2 is 2.22 bits per heavy atom. The average molecular weight is 268 g/mol. The van der Waals surface area contributed by atoms with Crippen LogP contribution in [-0.2, 0) is 17.7 Å². The summed E-state index contributed by atoms with van der Waals surface area (Å²) in [6.07, 6.45) is 0.834. The summed E-state index contributed by atoms with van der Waals surface area (Å²) < 4.78 is 5.10. The maximum absolute atomic E-state index is 12.0. The lowest BCUT2D eigenvalue weighted by molar-refractivity contribution is 0.0524. The Labute approximate surface area is 112 Å². The third kappa shape index (κ3) is 2.12. The van der Waals surface area contributed by atoms with Gasteiger partial charge in [-0.05, 0) is 39.8 Å². The second-order valence-corrected chi connectivity index (χ2v) is 6.45. The largest absolute Gasteiger partial charge is 0.462 e. The molecule has 0 unspecified atom stereocenters. The van der Waals surface area contributed by atoms with Crippen LogP contribution in [0.25, 0.3) is 0 Å². The Morgan fingerprint density at radius 1 is 1.56 bits per heavy atom. The maximum Gasteiger partial charge on any atom is 0.341 e. The van der Waals surface area contributed by atoms with Crippen molar-refractivity contribution in [1.82, 2.24) is 4.90 Å². The van der Waals surface area contributed by atoms with E-state index in [1.54, 1.807) is 0 Å². The minimum absolute atomic E-state index is 0.0434. The summed E-state index contributed by atoms with van der Waals surface area (Å²) in [4.78, 5) is 15.5. The molecular weight excluding hydrogens is 248 g/mol. The fourth-order valence-corrected chi connectivity index (χ4v) is 3.40. The predicted molar refractivity (Wildman–Crippen MR) is 73.9 cm³/mol. The number of carbonyl (C=O) groups is 1. The highest BCUT2D eigenvalue weighted by atomic mass is 32.1. The number of nitrogens with two attached hydrogens (primary N) is 1. The van der Waals surface area contributed by atoms with Gasteiger partial charge in [-0.15, -0.1) is 11.3 Å². The van der Waals surface area contributed by atoms with Crippen molar-refractivity contribution in [2.45, 2.75) is 39.3 Å². The SMILES string of the molecule is CCOC(=O)c1c(N)sc2c1CC(C)(C)N(C)C2. The second-order valence-electron chi connectivity index (χ2n) is 5.31. The Bertz CT molecular complexity index is 480. The quantitative estimate of drug-likeness (QED) is 0.836. The van der Waals surface area contributed by atoms with Gasteiger partial charge in [0.25, 0.3) is 0 Å². The van der Waals surface area contributed by atoms with E-state index >= 15 is 0 Å². The van der Waals surface area contributed by atoms with Crippen molar-refractivity contribution in [2.75, 3.05) is 19.4 Å². The topological polar surface area (TPSA) is 55.6 Å². The van der Waals surface area contributed by atoms with Crippen LogP contribution >= 0.6 is 11.3 Å². The first-order chi connectivity index (χ1) is 8.36. The molecule has 0 saturated carbocycles. The average Bonchev–Trinajstić information content (AvgIpc) is 2.54. The number of nitrogen functional groups attached to an aromatic ring is 1. The molecule has 1 aliphatic heterocycles. The zero-order valence-corrected chi connectivity index (χ0v) is 12.2. The molecule has 1 aliphatic rings. The number of carbonyl (C=O) groups excluding carboxylic acids is 1. The summed E-state index contributed by atoms with van der Waals surface area (Å²) in [5, 5.41) is 0.588. The van der Waals surface area contributed by atoms with Gasteiger partial charge in [-0.3, -0.25) is 4.90 Å². The number of fused-ring (bicyclic) bond motifs is 1. The number of likely N-dealkylation sites (N-methyl/N-ethyl adjacent to an activating group) is 1. The number of anilines is 1. The minimum atomic E-state index is -0.284. The molecule has 0 fully saturated rings. The molecule has 18 heavy (non-hydrogen) atoms. The summed E-state index contributed by atoms with van der Waals surface area (Å²) in [5.74, 6) is -0.284. The van der Waals surface area contributed by atoms with Crippen LogP contribution < -0.4 is 5.73 Å². The van der Waals surface area contributed by atoms with Crippen LogP contribution in [0.3, 0.4) is 0 Å². The first-order valence-electron chi connectivity index (χ1n) is 6.15. The molecule has 100 valence electrons. The fraction of sp³-hybridized carbons (Fsp3) is 0.615. The van der Waals surface area contributed by atoms with Crippen molar-refractivity contribution >= 4 is 22.3 Å². The molecule has 0 spiro atoms. The smallest absolute Gasteiger partial charge is 0.341 e. The maximum atomic E-state index is 12.0. The highest BCUT2D eigenvalue weighted by Gasteiger charge is 2.35. The van der Waals surface area contributed by atoms with Gasteiger partial charge < -0.3 is 10.5 Å².